The maximum Gasteiger partial charge on any atom is 0.184 e. The molecular weight excluding hydrogens is 1240 g/mol. The van der Waals surface area contributed by atoms with Crippen molar-refractivity contribution in [2.24, 2.45) is 0 Å². The summed E-state index contributed by atoms with van der Waals surface area (Å²) in [6.07, 6.45) is 7.53. The molecule has 0 atom stereocenters. The number of hydrogen-bond acceptors (Lipinski definition) is 9. The van der Waals surface area contributed by atoms with Gasteiger partial charge in [0, 0.05) is 0 Å². The molecule has 2 aliphatic rings. The van der Waals surface area contributed by atoms with Crippen LogP contribution in [0.2, 0.25) is 0 Å². The number of hydrogen-bond donors (Lipinski definition) is 4. The van der Waals surface area contributed by atoms with Crippen LogP contribution in [0, 0.1) is 125 Å². The monoisotopic (exact) mass is 1350 g/mol. The fraction of sp³-hybridized carbons (Fsp3) is 0.267. The summed E-state index contributed by atoms with van der Waals surface area (Å²) < 4.78 is 19.0. The number of rotatable bonds is 8. The quantitative estimate of drug-likeness (QED) is 0.115. The molecular formula is C90H106O10. The Labute approximate surface area is 596 Å². The first kappa shape index (κ1) is 82.0. The first-order valence-corrected chi connectivity index (χ1v) is 32.8. The lowest BCUT2D eigenvalue weighted by Crippen LogP contribution is -2.09. The molecule has 10 nitrogen and oxygen atoms in total. The van der Waals surface area contributed by atoms with Crippen LogP contribution in [0.15, 0.2) is 191 Å². The van der Waals surface area contributed by atoms with Crippen molar-refractivity contribution in [3.8, 4) is 79.7 Å². The lowest BCUT2D eigenvalue weighted by Gasteiger charge is -2.18. The minimum absolute atomic E-state index is 0. The van der Waals surface area contributed by atoms with Crippen LogP contribution >= 0.6 is 0 Å². The Bertz CT molecular complexity index is 4340. The molecule has 0 heterocycles. The molecule has 0 spiro atoms. The molecule has 9 aromatic rings. The highest BCUT2D eigenvalue weighted by atomic mass is 16.5. The van der Waals surface area contributed by atoms with E-state index in [4.69, 9.17) is 14.2 Å². The SMILES string of the molecule is C.C.CC1=CC(=C2C=C(C)C(=O)C(C)=C2)C=C(C)C1=O.Cc1cc(-c2cc(C)c(Oc3c(C)cccc3C)c(C)c2)cc(C)c1O.Cc1cc(Oc2c(C)cc(-c3cc(C)c(Oc4c(C)cccc4C)c(C)c3)cc2C)cc(C)c1O.Cc1cccc(C)c1O.Cc1cccc(C)c1O.O. The minimum atomic E-state index is 0. The summed E-state index contributed by atoms with van der Waals surface area (Å²) in [5.74, 6) is 6.97. The van der Waals surface area contributed by atoms with E-state index < -0.39 is 0 Å². The third-order valence-electron chi connectivity index (χ3n) is 17.6. The molecule has 11 rings (SSSR count). The molecule has 2 aliphatic carbocycles. The molecule has 0 unspecified atom stereocenters. The van der Waals surface area contributed by atoms with Crippen LogP contribution < -0.4 is 14.2 Å². The third-order valence-corrected chi connectivity index (χ3v) is 17.6. The predicted molar refractivity (Wildman–Crippen MR) is 417 cm³/mol. The predicted octanol–water partition coefficient (Wildman–Crippen LogP) is 23.5. The summed E-state index contributed by atoms with van der Waals surface area (Å²) in [5.41, 5.74) is 27.8. The highest BCUT2D eigenvalue weighted by Gasteiger charge is 2.20. The van der Waals surface area contributed by atoms with Crippen molar-refractivity contribution >= 4 is 11.6 Å². The van der Waals surface area contributed by atoms with E-state index in [0.29, 0.717) is 23.0 Å². The van der Waals surface area contributed by atoms with Crippen molar-refractivity contribution < 1.29 is 49.7 Å². The van der Waals surface area contributed by atoms with Crippen molar-refractivity contribution in [3.63, 3.8) is 0 Å². The number of carbonyl (C=O) groups excluding carboxylic acids is 2. The molecule has 10 heteroatoms. The number of ketones is 2. The van der Waals surface area contributed by atoms with E-state index in [1.54, 1.807) is 0 Å². The van der Waals surface area contributed by atoms with Gasteiger partial charge in [0.25, 0.3) is 0 Å². The molecule has 0 radical (unpaired) electrons. The van der Waals surface area contributed by atoms with E-state index in [0.717, 1.165) is 190 Å². The normalized spacial score (nSPS) is 12.1. The number of Topliss-reactive ketones (excluding diaryl/α,β-unsaturated/α-hetero) is 2. The van der Waals surface area contributed by atoms with Crippen molar-refractivity contribution in [1.29, 1.82) is 0 Å². The maximum atomic E-state index is 11.7. The van der Waals surface area contributed by atoms with Crippen LogP contribution in [-0.2, 0) is 9.59 Å². The van der Waals surface area contributed by atoms with Gasteiger partial charge in [-0.3, -0.25) is 9.59 Å². The van der Waals surface area contributed by atoms with Crippen LogP contribution in [0.1, 0.15) is 143 Å². The number of phenolic OH excluding ortho intramolecular Hbond substituents is 4. The Morgan fingerprint density at radius 1 is 0.240 bits per heavy atom. The summed E-state index contributed by atoms with van der Waals surface area (Å²) in [7, 11) is 0. The van der Waals surface area contributed by atoms with Crippen molar-refractivity contribution in [2.75, 3.05) is 0 Å². The second-order valence-electron chi connectivity index (χ2n) is 26.3. The van der Waals surface area contributed by atoms with E-state index in [9.17, 15) is 30.0 Å². The standard InChI is InChI=1S/C32H34O3.C24H26O2.C16H16O2.2C8H10O.2CH4.H2O/c1-18-10-9-11-19(2)30(18)35-32-24(7)14-27(15-25(32)8)26-12-22(5)31(23(6)13-26)34-28-16-20(3)29(33)21(4)17-28;1-14-8-7-9-15(2)23(14)26-24-18(5)12-21(13-19(24)6)20-10-16(3)22(25)17(4)11-20;1-9-5-13(6-10(2)15(9)17)14-7-11(3)16(18)12(4)8-14;2*1-6-4-3-5-7(2)8(6)9;;;/h9-17,33H,1-8H3;7-13,25H,1-6H3;5-8H,1-4H3;2*3-5,9H,1-2H3;2*1H4;1H2. The van der Waals surface area contributed by atoms with Gasteiger partial charge in [0.1, 0.15) is 57.5 Å². The summed E-state index contributed by atoms with van der Waals surface area (Å²) in [6, 6.07) is 44.7. The van der Waals surface area contributed by atoms with Crippen LogP contribution in [0.4, 0.5) is 0 Å². The Balaban J connectivity index is 0.000000287. The largest absolute Gasteiger partial charge is 0.507 e. The summed E-state index contributed by atoms with van der Waals surface area (Å²) in [5, 5.41) is 38.5. The lowest BCUT2D eigenvalue weighted by atomic mass is 9.88. The van der Waals surface area contributed by atoms with Gasteiger partial charge in [-0.25, -0.2) is 0 Å². The number of para-hydroxylation sites is 4. The van der Waals surface area contributed by atoms with Gasteiger partial charge in [0.2, 0.25) is 0 Å². The van der Waals surface area contributed by atoms with E-state index in [-0.39, 0.29) is 31.9 Å². The van der Waals surface area contributed by atoms with Gasteiger partial charge in [-0.1, -0.05) is 87.6 Å². The average molecular weight is 1350 g/mol. The summed E-state index contributed by atoms with van der Waals surface area (Å²) in [4.78, 5) is 23.4. The zero-order valence-electron chi connectivity index (χ0n) is 61.3. The second-order valence-corrected chi connectivity index (χ2v) is 26.3. The van der Waals surface area contributed by atoms with Crippen LogP contribution in [-0.4, -0.2) is 37.5 Å². The molecule has 0 aliphatic heterocycles. The van der Waals surface area contributed by atoms with Crippen molar-refractivity contribution in [2.45, 2.75) is 167 Å². The Morgan fingerprint density at radius 3 is 0.650 bits per heavy atom. The number of aromatic hydroxyl groups is 4. The maximum absolute atomic E-state index is 11.7. The minimum Gasteiger partial charge on any atom is -0.507 e. The molecule has 0 saturated carbocycles. The first-order valence-electron chi connectivity index (χ1n) is 32.8. The molecule has 100 heavy (non-hydrogen) atoms. The number of benzene rings is 9. The number of phenols is 4. The molecule has 0 bridgehead atoms. The zero-order chi connectivity index (χ0) is 71.6. The Hall–Kier alpha value is -10.4. The van der Waals surface area contributed by atoms with E-state index in [1.807, 2.05) is 168 Å². The molecule has 526 valence electrons. The first-order chi connectivity index (χ1) is 45.6. The van der Waals surface area contributed by atoms with Gasteiger partial charge >= 0.3 is 0 Å². The van der Waals surface area contributed by atoms with Crippen LogP contribution in [0.3, 0.4) is 0 Å². The zero-order valence-corrected chi connectivity index (χ0v) is 61.3. The number of aryl methyl sites for hydroxylation is 18. The highest BCUT2D eigenvalue weighted by molar-refractivity contribution is 6.11. The topological polar surface area (TPSA) is 174 Å². The molecule has 9 aromatic carbocycles. The molecule has 0 aromatic heterocycles. The van der Waals surface area contributed by atoms with E-state index >= 15 is 0 Å². The van der Waals surface area contributed by atoms with Gasteiger partial charge < -0.3 is 40.1 Å². The van der Waals surface area contributed by atoms with E-state index in [1.165, 1.54) is 0 Å². The fourth-order valence-corrected chi connectivity index (χ4v) is 12.0. The lowest BCUT2D eigenvalue weighted by molar-refractivity contribution is -0.113. The van der Waals surface area contributed by atoms with Gasteiger partial charge in [0.15, 0.2) is 11.6 Å². The third kappa shape index (κ3) is 19.9. The Morgan fingerprint density at radius 2 is 0.420 bits per heavy atom. The van der Waals surface area contributed by atoms with Gasteiger partial charge in [-0.15, -0.1) is 0 Å². The van der Waals surface area contributed by atoms with Gasteiger partial charge in [-0.2, -0.15) is 0 Å². The van der Waals surface area contributed by atoms with Crippen LogP contribution in [0.25, 0.3) is 22.3 Å². The number of allylic oxidation sites excluding steroid dienone is 10. The molecule has 6 N–H and O–H groups in total. The van der Waals surface area contributed by atoms with Gasteiger partial charge in [-0.05, 0) is 393 Å². The number of ether oxygens (including phenoxy) is 3. The average Bonchev–Trinajstić information content (AvgIpc) is 0.804. The summed E-state index contributed by atoms with van der Waals surface area (Å²) >= 11 is 0. The molecule has 0 amide bonds. The van der Waals surface area contributed by atoms with Crippen molar-refractivity contribution in [1.82, 2.24) is 0 Å². The van der Waals surface area contributed by atoms with Crippen molar-refractivity contribution in [3.05, 3.63) is 291 Å². The van der Waals surface area contributed by atoms with Gasteiger partial charge in [0.05, 0.1) is 0 Å². The smallest absolute Gasteiger partial charge is 0.184 e. The molecule has 0 saturated heterocycles. The fourth-order valence-electron chi connectivity index (χ4n) is 12.0. The highest BCUT2D eigenvalue weighted by Crippen LogP contribution is 2.41. The van der Waals surface area contributed by atoms with E-state index in [2.05, 4.69) is 142 Å². The second kappa shape index (κ2) is 35.4. The summed E-state index contributed by atoms with van der Waals surface area (Å²) in [6.45, 7) is 43.3. The Kier molecular flexibility index (Phi) is 29.0. The molecule has 0 fully saturated rings. The van der Waals surface area contributed by atoms with Crippen LogP contribution in [0.5, 0.6) is 57.5 Å². The number of carbonyl (C=O) groups is 2.